The molecule has 0 rings (SSSR count). The van der Waals surface area contributed by atoms with Crippen LogP contribution in [-0.4, -0.2) is 38.3 Å². The lowest BCUT2D eigenvalue weighted by Crippen LogP contribution is -2.14. The Morgan fingerprint density at radius 3 is 2.67 bits per heavy atom. The average Bonchev–Trinajstić information content (AvgIpc) is 2.10. The number of thioether (sulfide) groups is 1. The molecule has 0 saturated heterocycles. The molecular weight excluding hydrogens is 170 g/mol. The van der Waals surface area contributed by atoms with Crippen molar-refractivity contribution in [2.75, 3.05) is 38.3 Å². The molecule has 0 aromatic rings. The summed E-state index contributed by atoms with van der Waals surface area (Å²) in [6.07, 6.45) is 2.47. The Morgan fingerprint density at radius 1 is 1.25 bits per heavy atom. The number of rotatable bonds is 9. The minimum Gasteiger partial charge on any atom is -0.385 e. The molecule has 0 spiro atoms. The molecule has 0 aliphatic heterocycles. The summed E-state index contributed by atoms with van der Waals surface area (Å²) in [4.78, 5) is 0. The molecule has 0 radical (unpaired) electrons. The number of hydrogen-bond acceptors (Lipinski definition) is 3. The lowest BCUT2D eigenvalue weighted by atomic mass is 10.5. The van der Waals surface area contributed by atoms with E-state index in [2.05, 4.69) is 12.2 Å². The summed E-state index contributed by atoms with van der Waals surface area (Å²) >= 11 is 2.02. The molecule has 74 valence electrons. The quantitative estimate of drug-likeness (QED) is 0.561. The van der Waals surface area contributed by atoms with Crippen molar-refractivity contribution < 1.29 is 4.74 Å². The van der Waals surface area contributed by atoms with Gasteiger partial charge >= 0.3 is 0 Å². The van der Waals surface area contributed by atoms with Crippen LogP contribution >= 0.6 is 11.8 Å². The SMILES string of the molecule is CCNCCCSCCCOC. The Bertz CT molecular complexity index is 70.9. The zero-order valence-corrected chi connectivity index (χ0v) is 9.08. The molecule has 0 unspecified atom stereocenters. The zero-order valence-electron chi connectivity index (χ0n) is 8.27. The second-order valence-electron chi connectivity index (χ2n) is 2.67. The second-order valence-corrected chi connectivity index (χ2v) is 3.89. The van der Waals surface area contributed by atoms with Crippen LogP contribution in [0.15, 0.2) is 0 Å². The van der Waals surface area contributed by atoms with E-state index in [9.17, 15) is 0 Å². The van der Waals surface area contributed by atoms with Gasteiger partial charge in [-0.05, 0) is 37.4 Å². The highest BCUT2D eigenvalue weighted by atomic mass is 32.2. The monoisotopic (exact) mass is 191 g/mol. The van der Waals surface area contributed by atoms with E-state index in [1.165, 1.54) is 24.3 Å². The fraction of sp³-hybridized carbons (Fsp3) is 1.00. The third-order valence-corrected chi connectivity index (χ3v) is 2.68. The van der Waals surface area contributed by atoms with E-state index in [-0.39, 0.29) is 0 Å². The standard InChI is InChI=1S/C9H21NOS/c1-3-10-6-4-8-12-9-5-7-11-2/h10H,3-9H2,1-2H3. The van der Waals surface area contributed by atoms with E-state index in [1.54, 1.807) is 7.11 Å². The van der Waals surface area contributed by atoms with Crippen LogP contribution in [0.3, 0.4) is 0 Å². The average molecular weight is 191 g/mol. The number of ether oxygens (including phenoxy) is 1. The van der Waals surface area contributed by atoms with E-state index in [1.807, 2.05) is 11.8 Å². The molecule has 2 nitrogen and oxygen atoms in total. The molecular formula is C9H21NOS. The Kier molecular flexibility index (Phi) is 11.5. The van der Waals surface area contributed by atoms with Crippen molar-refractivity contribution in [1.29, 1.82) is 0 Å². The van der Waals surface area contributed by atoms with E-state index in [0.717, 1.165) is 19.7 Å². The molecule has 0 aromatic carbocycles. The molecule has 3 heteroatoms. The van der Waals surface area contributed by atoms with Crippen LogP contribution in [0.4, 0.5) is 0 Å². The van der Waals surface area contributed by atoms with E-state index in [0.29, 0.717) is 0 Å². The van der Waals surface area contributed by atoms with Gasteiger partial charge in [0.2, 0.25) is 0 Å². The predicted octanol–water partition coefficient (Wildman–Crippen LogP) is 1.76. The molecule has 0 heterocycles. The summed E-state index contributed by atoms with van der Waals surface area (Å²) in [6, 6.07) is 0. The Labute approximate surface area is 80.4 Å². The van der Waals surface area contributed by atoms with Crippen LogP contribution < -0.4 is 5.32 Å². The minimum absolute atomic E-state index is 0.903. The van der Waals surface area contributed by atoms with Crippen LogP contribution in [0.5, 0.6) is 0 Å². The highest BCUT2D eigenvalue weighted by Crippen LogP contribution is 2.03. The van der Waals surface area contributed by atoms with Crippen LogP contribution in [0.1, 0.15) is 19.8 Å². The van der Waals surface area contributed by atoms with Gasteiger partial charge in [0.1, 0.15) is 0 Å². The highest BCUT2D eigenvalue weighted by molar-refractivity contribution is 7.99. The first kappa shape index (κ1) is 12.3. The van der Waals surface area contributed by atoms with Crippen molar-refractivity contribution in [1.82, 2.24) is 5.32 Å². The Balaban J connectivity index is 2.73. The number of methoxy groups -OCH3 is 1. The summed E-state index contributed by atoms with van der Waals surface area (Å²) in [6.45, 7) is 5.30. The molecule has 0 amide bonds. The Morgan fingerprint density at radius 2 is 2.00 bits per heavy atom. The van der Waals surface area contributed by atoms with Gasteiger partial charge in [-0.1, -0.05) is 6.92 Å². The number of nitrogens with one attached hydrogen (secondary N) is 1. The lowest BCUT2D eigenvalue weighted by molar-refractivity contribution is 0.200. The zero-order chi connectivity index (χ0) is 9.07. The van der Waals surface area contributed by atoms with Crippen LogP contribution in [0.2, 0.25) is 0 Å². The third-order valence-electron chi connectivity index (χ3n) is 1.53. The van der Waals surface area contributed by atoms with Gasteiger partial charge in [0.05, 0.1) is 0 Å². The van der Waals surface area contributed by atoms with Gasteiger partial charge in [-0.3, -0.25) is 0 Å². The predicted molar refractivity (Wildman–Crippen MR) is 57.0 cm³/mol. The van der Waals surface area contributed by atoms with Gasteiger partial charge in [-0.25, -0.2) is 0 Å². The summed E-state index contributed by atoms with van der Waals surface area (Å²) in [7, 11) is 1.76. The van der Waals surface area contributed by atoms with E-state index in [4.69, 9.17) is 4.74 Å². The van der Waals surface area contributed by atoms with E-state index >= 15 is 0 Å². The molecule has 0 saturated carbocycles. The molecule has 0 aliphatic carbocycles. The van der Waals surface area contributed by atoms with Crippen molar-refractivity contribution in [2.24, 2.45) is 0 Å². The van der Waals surface area contributed by atoms with Crippen molar-refractivity contribution in [2.45, 2.75) is 19.8 Å². The Hall–Kier alpha value is 0.270. The van der Waals surface area contributed by atoms with Crippen LogP contribution in [0, 0.1) is 0 Å². The highest BCUT2D eigenvalue weighted by Gasteiger charge is 1.89. The fourth-order valence-corrected chi connectivity index (χ4v) is 1.76. The van der Waals surface area contributed by atoms with Crippen LogP contribution in [0.25, 0.3) is 0 Å². The molecule has 0 atom stereocenters. The second kappa shape index (κ2) is 11.3. The maximum atomic E-state index is 4.96. The lowest BCUT2D eigenvalue weighted by Gasteiger charge is -2.01. The molecule has 0 fully saturated rings. The molecule has 0 aromatic heterocycles. The first-order chi connectivity index (χ1) is 5.91. The maximum absolute atomic E-state index is 4.96. The first-order valence-electron chi connectivity index (χ1n) is 4.69. The van der Waals surface area contributed by atoms with Crippen molar-refractivity contribution in [3.05, 3.63) is 0 Å². The number of hydrogen-bond donors (Lipinski definition) is 1. The smallest absolute Gasteiger partial charge is 0.0470 e. The van der Waals surface area contributed by atoms with Crippen molar-refractivity contribution >= 4 is 11.8 Å². The molecule has 12 heavy (non-hydrogen) atoms. The van der Waals surface area contributed by atoms with Crippen molar-refractivity contribution in [3.8, 4) is 0 Å². The summed E-state index contributed by atoms with van der Waals surface area (Å²) in [5, 5.41) is 3.31. The van der Waals surface area contributed by atoms with Gasteiger partial charge in [0, 0.05) is 13.7 Å². The van der Waals surface area contributed by atoms with Crippen molar-refractivity contribution in [3.63, 3.8) is 0 Å². The largest absolute Gasteiger partial charge is 0.385 e. The minimum atomic E-state index is 0.903. The van der Waals surface area contributed by atoms with Gasteiger partial charge < -0.3 is 10.1 Å². The molecule has 0 aliphatic rings. The third kappa shape index (κ3) is 10.3. The van der Waals surface area contributed by atoms with Gasteiger partial charge in [0.15, 0.2) is 0 Å². The fourth-order valence-electron chi connectivity index (χ4n) is 0.883. The normalized spacial score (nSPS) is 10.5. The summed E-state index contributed by atoms with van der Waals surface area (Å²) < 4.78 is 4.96. The maximum Gasteiger partial charge on any atom is 0.0470 e. The molecule has 0 bridgehead atoms. The topological polar surface area (TPSA) is 21.3 Å². The van der Waals surface area contributed by atoms with Crippen LogP contribution in [-0.2, 0) is 4.74 Å². The van der Waals surface area contributed by atoms with Gasteiger partial charge in [-0.2, -0.15) is 11.8 Å². The summed E-state index contributed by atoms with van der Waals surface area (Å²) in [5.74, 6) is 2.51. The van der Waals surface area contributed by atoms with Gasteiger partial charge in [-0.15, -0.1) is 0 Å². The molecule has 1 N–H and O–H groups in total. The summed E-state index contributed by atoms with van der Waals surface area (Å²) in [5.41, 5.74) is 0. The van der Waals surface area contributed by atoms with Gasteiger partial charge in [0.25, 0.3) is 0 Å². The van der Waals surface area contributed by atoms with E-state index < -0.39 is 0 Å². The first-order valence-corrected chi connectivity index (χ1v) is 5.84.